The molecule has 0 aliphatic rings. The van der Waals surface area contributed by atoms with Crippen LogP contribution in [0.3, 0.4) is 0 Å². The van der Waals surface area contributed by atoms with Crippen LogP contribution in [0, 0.1) is 0 Å². The summed E-state index contributed by atoms with van der Waals surface area (Å²) in [6.07, 6.45) is 0.941. The van der Waals surface area contributed by atoms with Crippen molar-refractivity contribution in [3.63, 3.8) is 0 Å². The van der Waals surface area contributed by atoms with Gasteiger partial charge in [0.15, 0.2) is 0 Å². The van der Waals surface area contributed by atoms with Gasteiger partial charge in [-0.25, -0.2) is 0 Å². The molecule has 0 bridgehead atoms. The Morgan fingerprint density at radius 3 is 2.75 bits per heavy atom. The van der Waals surface area contributed by atoms with Gasteiger partial charge in [-0.2, -0.15) is 5.48 Å². The second kappa shape index (κ2) is 7.84. The molecular formula is C12H18N2O2. The molecule has 0 saturated heterocycles. The summed E-state index contributed by atoms with van der Waals surface area (Å²) in [7, 11) is 0. The molecule has 4 heteroatoms. The molecule has 1 aromatic rings. The zero-order chi connectivity index (χ0) is 11.6. The SMILES string of the molecule is CCCNC(=O)CNOCc1ccccc1. The summed E-state index contributed by atoms with van der Waals surface area (Å²) in [4.78, 5) is 16.3. The van der Waals surface area contributed by atoms with E-state index >= 15 is 0 Å². The number of carbonyl (C=O) groups excluding carboxylic acids is 1. The van der Waals surface area contributed by atoms with E-state index in [1.807, 2.05) is 37.3 Å². The highest BCUT2D eigenvalue weighted by atomic mass is 16.6. The maximum absolute atomic E-state index is 11.2. The predicted octanol–water partition coefficient (Wildman–Crippen LogP) is 1.23. The standard InChI is InChI=1S/C12H18N2O2/c1-2-8-13-12(15)9-14-16-10-11-6-4-3-5-7-11/h3-7,14H,2,8-10H2,1H3,(H,13,15). The Bertz CT molecular complexity index is 301. The first-order valence-corrected chi connectivity index (χ1v) is 5.48. The minimum atomic E-state index is -0.0464. The normalized spacial score (nSPS) is 10.1. The third-order valence-corrected chi connectivity index (χ3v) is 1.99. The Balaban J connectivity index is 2.06. The van der Waals surface area contributed by atoms with Gasteiger partial charge in [0, 0.05) is 6.54 Å². The first kappa shape index (κ1) is 12.7. The highest BCUT2D eigenvalue weighted by Crippen LogP contribution is 1.98. The first-order valence-electron chi connectivity index (χ1n) is 5.48. The molecule has 0 atom stereocenters. The minimum absolute atomic E-state index is 0.0464. The van der Waals surface area contributed by atoms with Gasteiger partial charge >= 0.3 is 0 Å². The average Bonchev–Trinajstić information content (AvgIpc) is 2.33. The fourth-order valence-electron chi connectivity index (χ4n) is 1.15. The average molecular weight is 222 g/mol. The monoisotopic (exact) mass is 222 g/mol. The Morgan fingerprint density at radius 2 is 2.06 bits per heavy atom. The molecule has 1 aromatic carbocycles. The number of hydrogen-bond donors (Lipinski definition) is 2. The summed E-state index contributed by atoms with van der Waals surface area (Å²) < 4.78 is 0. The predicted molar refractivity (Wildman–Crippen MR) is 62.5 cm³/mol. The van der Waals surface area contributed by atoms with E-state index in [-0.39, 0.29) is 12.5 Å². The molecule has 0 aliphatic carbocycles. The van der Waals surface area contributed by atoms with Crippen LogP contribution in [0.2, 0.25) is 0 Å². The van der Waals surface area contributed by atoms with E-state index < -0.39 is 0 Å². The van der Waals surface area contributed by atoms with E-state index in [1.54, 1.807) is 0 Å². The largest absolute Gasteiger partial charge is 0.355 e. The van der Waals surface area contributed by atoms with Crippen LogP contribution in [-0.4, -0.2) is 19.0 Å². The molecule has 16 heavy (non-hydrogen) atoms. The molecule has 0 aliphatic heterocycles. The number of carbonyl (C=O) groups is 1. The van der Waals surface area contributed by atoms with Crippen molar-refractivity contribution in [2.24, 2.45) is 0 Å². The zero-order valence-electron chi connectivity index (χ0n) is 9.53. The third kappa shape index (κ3) is 5.48. The summed E-state index contributed by atoms with van der Waals surface area (Å²) in [6.45, 7) is 3.37. The molecule has 1 rings (SSSR count). The lowest BCUT2D eigenvalue weighted by Gasteiger charge is -2.06. The summed E-state index contributed by atoms with van der Waals surface area (Å²) in [5.74, 6) is -0.0464. The second-order valence-corrected chi connectivity index (χ2v) is 3.45. The molecule has 4 nitrogen and oxygen atoms in total. The summed E-state index contributed by atoms with van der Waals surface area (Å²) >= 11 is 0. The molecule has 0 aromatic heterocycles. The summed E-state index contributed by atoms with van der Waals surface area (Å²) in [6, 6.07) is 9.80. The lowest BCUT2D eigenvalue weighted by atomic mass is 10.2. The lowest BCUT2D eigenvalue weighted by Crippen LogP contribution is -2.34. The Labute approximate surface area is 95.9 Å². The fourth-order valence-corrected chi connectivity index (χ4v) is 1.15. The van der Waals surface area contributed by atoms with E-state index in [0.29, 0.717) is 13.2 Å². The molecule has 0 fully saturated rings. The number of hydroxylamine groups is 1. The molecular weight excluding hydrogens is 204 g/mol. The van der Waals surface area contributed by atoms with E-state index in [4.69, 9.17) is 4.84 Å². The van der Waals surface area contributed by atoms with Gasteiger partial charge in [0.05, 0.1) is 13.2 Å². The Hall–Kier alpha value is -1.39. The van der Waals surface area contributed by atoms with Crippen molar-refractivity contribution < 1.29 is 9.63 Å². The van der Waals surface area contributed by atoms with Gasteiger partial charge in [-0.1, -0.05) is 37.3 Å². The second-order valence-electron chi connectivity index (χ2n) is 3.45. The maximum Gasteiger partial charge on any atom is 0.236 e. The minimum Gasteiger partial charge on any atom is -0.355 e. The number of rotatable bonds is 7. The van der Waals surface area contributed by atoms with Crippen LogP contribution < -0.4 is 10.8 Å². The van der Waals surface area contributed by atoms with Gasteiger partial charge in [0.2, 0.25) is 5.91 Å². The Kier molecular flexibility index (Phi) is 6.22. The van der Waals surface area contributed by atoms with Gasteiger partial charge in [-0.05, 0) is 12.0 Å². The zero-order valence-corrected chi connectivity index (χ0v) is 9.53. The molecule has 2 N–H and O–H groups in total. The highest BCUT2D eigenvalue weighted by Gasteiger charge is 1.98. The molecule has 0 saturated carbocycles. The maximum atomic E-state index is 11.2. The van der Waals surface area contributed by atoms with Crippen molar-refractivity contribution in [3.05, 3.63) is 35.9 Å². The molecule has 0 unspecified atom stereocenters. The van der Waals surface area contributed by atoms with E-state index in [0.717, 1.165) is 12.0 Å². The first-order chi connectivity index (χ1) is 7.83. The van der Waals surface area contributed by atoms with Gasteiger partial charge in [0.25, 0.3) is 0 Å². The quantitative estimate of drug-likeness (QED) is 0.539. The van der Waals surface area contributed by atoms with Gasteiger partial charge in [-0.15, -0.1) is 0 Å². The van der Waals surface area contributed by atoms with Crippen LogP contribution in [0.1, 0.15) is 18.9 Å². The molecule has 1 amide bonds. The fraction of sp³-hybridized carbons (Fsp3) is 0.417. The van der Waals surface area contributed by atoms with Crippen molar-refractivity contribution in [1.29, 1.82) is 0 Å². The molecule has 88 valence electrons. The highest BCUT2D eigenvalue weighted by molar-refractivity contribution is 5.77. The van der Waals surface area contributed by atoms with E-state index in [9.17, 15) is 4.79 Å². The molecule has 0 radical (unpaired) electrons. The van der Waals surface area contributed by atoms with Crippen molar-refractivity contribution in [2.45, 2.75) is 20.0 Å². The molecule has 0 spiro atoms. The summed E-state index contributed by atoms with van der Waals surface area (Å²) in [5.41, 5.74) is 3.70. The van der Waals surface area contributed by atoms with Crippen molar-refractivity contribution in [3.8, 4) is 0 Å². The van der Waals surface area contributed by atoms with Crippen LogP contribution in [0.5, 0.6) is 0 Å². The number of benzene rings is 1. The van der Waals surface area contributed by atoms with Gasteiger partial charge in [-0.3, -0.25) is 9.63 Å². The van der Waals surface area contributed by atoms with E-state index in [1.165, 1.54) is 0 Å². The smallest absolute Gasteiger partial charge is 0.236 e. The van der Waals surface area contributed by atoms with Crippen molar-refractivity contribution in [1.82, 2.24) is 10.8 Å². The van der Waals surface area contributed by atoms with Gasteiger partial charge in [0.1, 0.15) is 0 Å². The topological polar surface area (TPSA) is 50.4 Å². The third-order valence-electron chi connectivity index (χ3n) is 1.99. The van der Waals surface area contributed by atoms with Crippen molar-refractivity contribution in [2.75, 3.05) is 13.1 Å². The molecule has 0 heterocycles. The number of amides is 1. The Morgan fingerprint density at radius 1 is 1.31 bits per heavy atom. The number of hydrogen-bond acceptors (Lipinski definition) is 3. The van der Waals surface area contributed by atoms with Crippen LogP contribution in [0.25, 0.3) is 0 Å². The van der Waals surface area contributed by atoms with E-state index in [2.05, 4.69) is 10.8 Å². The number of nitrogens with one attached hydrogen (secondary N) is 2. The van der Waals surface area contributed by atoms with Gasteiger partial charge < -0.3 is 5.32 Å². The van der Waals surface area contributed by atoms with Crippen LogP contribution in [0.4, 0.5) is 0 Å². The van der Waals surface area contributed by atoms with Crippen LogP contribution >= 0.6 is 0 Å². The van der Waals surface area contributed by atoms with Crippen LogP contribution in [0.15, 0.2) is 30.3 Å². The van der Waals surface area contributed by atoms with Crippen molar-refractivity contribution >= 4 is 5.91 Å². The van der Waals surface area contributed by atoms with Crippen LogP contribution in [-0.2, 0) is 16.2 Å². The summed E-state index contributed by atoms with van der Waals surface area (Å²) in [5, 5.41) is 2.75. The lowest BCUT2D eigenvalue weighted by molar-refractivity contribution is -0.123.